The molecule has 1 aliphatic heterocycles. The van der Waals surface area contributed by atoms with Crippen LogP contribution in [0.3, 0.4) is 0 Å². The molecule has 1 atom stereocenters. The Balaban J connectivity index is 2.04. The zero-order valence-electron chi connectivity index (χ0n) is 10.5. The third-order valence-electron chi connectivity index (χ3n) is 2.78. The van der Waals surface area contributed by atoms with E-state index in [1.165, 1.54) is 18.3 Å². The molecule has 0 saturated carbocycles. The average molecular weight is 289 g/mol. The molecule has 0 aliphatic carbocycles. The second-order valence-corrected chi connectivity index (χ2v) is 4.42. The normalized spacial score (nSPS) is 18.9. The topological polar surface area (TPSA) is 63.2 Å². The number of pyridine rings is 1. The molecule has 0 spiro atoms. The van der Waals surface area contributed by atoms with Gasteiger partial charge in [-0.3, -0.25) is 4.79 Å². The molecule has 1 aromatic rings. The standard InChI is InChI=1S/C12H14F3N3O2/c13-12(14,15)7-20-11-9(2-1-4-17-11)10(19)18-8-3-5-16-6-8/h1-2,4,8,16H,3,5-7H2,(H,18,19). The number of amides is 1. The quantitative estimate of drug-likeness (QED) is 0.871. The Labute approximate surface area is 113 Å². The van der Waals surface area contributed by atoms with Crippen LogP contribution in [0.4, 0.5) is 13.2 Å². The summed E-state index contributed by atoms with van der Waals surface area (Å²) in [7, 11) is 0. The molecule has 0 radical (unpaired) electrons. The molecule has 0 bridgehead atoms. The van der Waals surface area contributed by atoms with Gasteiger partial charge < -0.3 is 15.4 Å². The maximum Gasteiger partial charge on any atom is 0.422 e. The molecule has 2 heterocycles. The Morgan fingerprint density at radius 1 is 1.55 bits per heavy atom. The fraction of sp³-hybridized carbons (Fsp3) is 0.500. The second-order valence-electron chi connectivity index (χ2n) is 4.42. The summed E-state index contributed by atoms with van der Waals surface area (Å²) >= 11 is 0. The molecule has 20 heavy (non-hydrogen) atoms. The number of alkyl halides is 3. The van der Waals surface area contributed by atoms with Gasteiger partial charge in [-0.25, -0.2) is 4.98 Å². The largest absolute Gasteiger partial charge is 0.467 e. The van der Waals surface area contributed by atoms with Gasteiger partial charge in [-0.1, -0.05) is 0 Å². The molecule has 0 aromatic carbocycles. The summed E-state index contributed by atoms with van der Waals surface area (Å²) in [5.41, 5.74) is 0.00338. The molecule has 1 amide bonds. The maximum absolute atomic E-state index is 12.1. The molecular weight excluding hydrogens is 275 g/mol. The van der Waals surface area contributed by atoms with Crippen molar-refractivity contribution in [2.24, 2.45) is 0 Å². The van der Waals surface area contributed by atoms with Gasteiger partial charge in [0, 0.05) is 18.8 Å². The highest BCUT2D eigenvalue weighted by Crippen LogP contribution is 2.20. The number of carbonyl (C=O) groups is 1. The van der Waals surface area contributed by atoms with Crippen molar-refractivity contribution in [1.82, 2.24) is 15.6 Å². The highest BCUT2D eigenvalue weighted by atomic mass is 19.4. The predicted octanol–water partition coefficient (Wildman–Crippen LogP) is 1.11. The smallest absolute Gasteiger partial charge is 0.422 e. The Morgan fingerprint density at radius 3 is 3.00 bits per heavy atom. The van der Waals surface area contributed by atoms with Gasteiger partial charge in [0.05, 0.1) is 0 Å². The number of nitrogens with one attached hydrogen (secondary N) is 2. The first-order valence-electron chi connectivity index (χ1n) is 6.12. The zero-order valence-corrected chi connectivity index (χ0v) is 10.5. The summed E-state index contributed by atoms with van der Waals surface area (Å²) in [5, 5.41) is 5.81. The first-order chi connectivity index (χ1) is 9.46. The molecule has 1 fully saturated rings. The summed E-state index contributed by atoms with van der Waals surface area (Å²) in [5.74, 6) is -0.794. The lowest BCUT2D eigenvalue weighted by Crippen LogP contribution is -2.36. The Hall–Kier alpha value is -1.83. The van der Waals surface area contributed by atoms with Crippen molar-refractivity contribution < 1.29 is 22.7 Å². The maximum atomic E-state index is 12.1. The summed E-state index contributed by atoms with van der Waals surface area (Å²) in [6.07, 6.45) is -2.41. The highest BCUT2D eigenvalue weighted by Gasteiger charge is 2.30. The van der Waals surface area contributed by atoms with Crippen molar-refractivity contribution in [2.75, 3.05) is 19.7 Å². The van der Waals surface area contributed by atoms with Crippen LogP contribution < -0.4 is 15.4 Å². The Kier molecular flexibility index (Phi) is 4.43. The lowest BCUT2D eigenvalue weighted by atomic mass is 10.2. The van der Waals surface area contributed by atoms with Gasteiger partial charge in [-0.15, -0.1) is 0 Å². The van der Waals surface area contributed by atoms with E-state index < -0.39 is 18.7 Å². The lowest BCUT2D eigenvalue weighted by molar-refractivity contribution is -0.154. The van der Waals surface area contributed by atoms with Gasteiger partial charge in [-0.05, 0) is 25.1 Å². The fourth-order valence-electron chi connectivity index (χ4n) is 1.87. The van der Waals surface area contributed by atoms with E-state index in [1.54, 1.807) is 0 Å². The molecule has 1 unspecified atom stereocenters. The predicted molar refractivity (Wildman–Crippen MR) is 64.5 cm³/mol. The van der Waals surface area contributed by atoms with Crippen molar-refractivity contribution in [3.63, 3.8) is 0 Å². The van der Waals surface area contributed by atoms with Gasteiger partial charge in [0.25, 0.3) is 5.91 Å². The van der Waals surface area contributed by atoms with E-state index in [2.05, 4.69) is 20.4 Å². The number of halogens is 3. The number of ether oxygens (including phenoxy) is 1. The van der Waals surface area contributed by atoms with E-state index in [0.29, 0.717) is 6.54 Å². The molecule has 1 saturated heterocycles. The molecule has 8 heteroatoms. The van der Waals surface area contributed by atoms with Crippen LogP contribution in [0.5, 0.6) is 5.88 Å². The van der Waals surface area contributed by atoms with Crippen LogP contribution in [0.1, 0.15) is 16.8 Å². The SMILES string of the molecule is O=C(NC1CCNC1)c1cccnc1OCC(F)(F)F. The van der Waals surface area contributed by atoms with E-state index in [9.17, 15) is 18.0 Å². The fourth-order valence-corrected chi connectivity index (χ4v) is 1.87. The lowest BCUT2D eigenvalue weighted by Gasteiger charge is -2.14. The van der Waals surface area contributed by atoms with Crippen LogP contribution in [0.25, 0.3) is 0 Å². The van der Waals surface area contributed by atoms with E-state index in [4.69, 9.17) is 0 Å². The first kappa shape index (κ1) is 14.6. The van der Waals surface area contributed by atoms with E-state index >= 15 is 0 Å². The van der Waals surface area contributed by atoms with Crippen molar-refractivity contribution in [3.8, 4) is 5.88 Å². The van der Waals surface area contributed by atoms with Crippen LogP contribution in [0, 0.1) is 0 Å². The van der Waals surface area contributed by atoms with Crippen LogP contribution in [-0.2, 0) is 0 Å². The van der Waals surface area contributed by atoms with E-state index in [0.717, 1.165) is 13.0 Å². The summed E-state index contributed by atoms with van der Waals surface area (Å²) in [4.78, 5) is 15.7. The second kappa shape index (κ2) is 6.08. The number of rotatable bonds is 4. The number of aromatic nitrogens is 1. The number of hydrogen-bond acceptors (Lipinski definition) is 4. The van der Waals surface area contributed by atoms with E-state index in [1.807, 2.05) is 0 Å². The molecule has 110 valence electrons. The third-order valence-corrected chi connectivity index (χ3v) is 2.78. The molecule has 5 nitrogen and oxygen atoms in total. The van der Waals surface area contributed by atoms with Gasteiger partial charge in [-0.2, -0.15) is 13.2 Å². The molecule has 2 N–H and O–H groups in total. The monoisotopic (exact) mass is 289 g/mol. The van der Waals surface area contributed by atoms with Crippen molar-refractivity contribution in [1.29, 1.82) is 0 Å². The summed E-state index contributed by atoms with van der Waals surface area (Å²) < 4.78 is 41.0. The molecule has 1 aromatic heterocycles. The average Bonchev–Trinajstić information content (AvgIpc) is 2.88. The minimum absolute atomic E-state index is 0.00338. The van der Waals surface area contributed by atoms with Crippen LogP contribution in [0.2, 0.25) is 0 Å². The summed E-state index contributed by atoms with van der Waals surface area (Å²) in [6.45, 7) is -0.0323. The molecule has 2 rings (SSSR count). The zero-order chi connectivity index (χ0) is 14.6. The van der Waals surface area contributed by atoms with Crippen molar-refractivity contribution >= 4 is 5.91 Å². The highest BCUT2D eigenvalue weighted by molar-refractivity contribution is 5.96. The van der Waals surface area contributed by atoms with Gasteiger partial charge in [0.2, 0.25) is 5.88 Å². The third kappa shape index (κ3) is 4.09. The Bertz CT molecular complexity index is 473. The minimum atomic E-state index is -4.47. The van der Waals surface area contributed by atoms with Crippen LogP contribution >= 0.6 is 0 Å². The van der Waals surface area contributed by atoms with Gasteiger partial charge in [0.15, 0.2) is 6.61 Å². The van der Waals surface area contributed by atoms with E-state index in [-0.39, 0.29) is 17.5 Å². The number of carbonyl (C=O) groups excluding carboxylic acids is 1. The minimum Gasteiger partial charge on any atom is -0.467 e. The molecular formula is C12H14F3N3O2. The van der Waals surface area contributed by atoms with Crippen LogP contribution in [0.15, 0.2) is 18.3 Å². The Morgan fingerprint density at radius 2 is 2.35 bits per heavy atom. The number of nitrogens with zero attached hydrogens (tertiary/aromatic N) is 1. The number of hydrogen-bond donors (Lipinski definition) is 2. The molecule has 1 aliphatic rings. The van der Waals surface area contributed by atoms with Crippen molar-refractivity contribution in [2.45, 2.75) is 18.6 Å². The van der Waals surface area contributed by atoms with Gasteiger partial charge in [0.1, 0.15) is 5.56 Å². The van der Waals surface area contributed by atoms with Crippen LogP contribution in [-0.4, -0.2) is 42.8 Å². The summed E-state index contributed by atoms with van der Waals surface area (Å²) in [6, 6.07) is 2.83. The van der Waals surface area contributed by atoms with Gasteiger partial charge >= 0.3 is 6.18 Å². The van der Waals surface area contributed by atoms with Crippen molar-refractivity contribution in [3.05, 3.63) is 23.9 Å². The first-order valence-corrected chi connectivity index (χ1v) is 6.12.